The number of aromatic nitrogens is 1. The van der Waals surface area contributed by atoms with Crippen LogP contribution in [-0.2, 0) is 11.3 Å². The standard InChI is InChI=1S/C14H25N5O2/c1-6-15-14(17-9-13(20)19(4)5)16-8-11-7-12(10(2)3)18-21-11/h7,10H,6,8-9H2,1-5H3,(H2,15,16,17). The molecule has 0 aliphatic heterocycles. The Labute approximate surface area is 125 Å². The molecule has 2 N–H and O–H groups in total. The number of aliphatic imine (C=N–C) groups is 1. The van der Waals surface area contributed by atoms with Crippen molar-refractivity contribution in [2.24, 2.45) is 4.99 Å². The van der Waals surface area contributed by atoms with E-state index in [1.165, 1.54) is 4.90 Å². The van der Waals surface area contributed by atoms with Crippen molar-refractivity contribution >= 4 is 11.9 Å². The van der Waals surface area contributed by atoms with E-state index >= 15 is 0 Å². The van der Waals surface area contributed by atoms with Crippen molar-refractivity contribution in [1.29, 1.82) is 0 Å². The Morgan fingerprint density at radius 2 is 2.14 bits per heavy atom. The van der Waals surface area contributed by atoms with Crippen LogP contribution in [0, 0.1) is 0 Å². The summed E-state index contributed by atoms with van der Waals surface area (Å²) in [6.07, 6.45) is 0. The molecule has 0 radical (unpaired) electrons. The molecular formula is C14H25N5O2. The van der Waals surface area contributed by atoms with E-state index in [1.54, 1.807) is 14.1 Å². The SMILES string of the molecule is CCNC(=NCC(=O)N(C)C)NCc1cc(C(C)C)no1. The summed E-state index contributed by atoms with van der Waals surface area (Å²) >= 11 is 0. The number of likely N-dealkylation sites (N-methyl/N-ethyl adjacent to an activating group) is 1. The van der Waals surface area contributed by atoms with E-state index in [-0.39, 0.29) is 12.5 Å². The molecule has 0 bridgehead atoms. The van der Waals surface area contributed by atoms with Gasteiger partial charge < -0.3 is 20.1 Å². The van der Waals surface area contributed by atoms with Gasteiger partial charge >= 0.3 is 0 Å². The highest BCUT2D eigenvalue weighted by molar-refractivity contribution is 5.84. The largest absolute Gasteiger partial charge is 0.359 e. The molecule has 118 valence electrons. The van der Waals surface area contributed by atoms with Crippen LogP contribution in [0.3, 0.4) is 0 Å². The van der Waals surface area contributed by atoms with Gasteiger partial charge in [-0.25, -0.2) is 4.99 Å². The van der Waals surface area contributed by atoms with Gasteiger partial charge in [0.25, 0.3) is 0 Å². The van der Waals surface area contributed by atoms with Gasteiger partial charge in [0, 0.05) is 26.7 Å². The minimum Gasteiger partial charge on any atom is -0.359 e. The Morgan fingerprint density at radius 3 is 2.67 bits per heavy atom. The van der Waals surface area contributed by atoms with Crippen molar-refractivity contribution in [3.8, 4) is 0 Å². The normalized spacial score (nSPS) is 11.6. The second-order valence-corrected chi connectivity index (χ2v) is 5.21. The molecule has 0 aromatic carbocycles. The first-order valence-corrected chi connectivity index (χ1v) is 7.11. The highest BCUT2D eigenvalue weighted by Crippen LogP contribution is 2.13. The molecular weight excluding hydrogens is 270 g/mol. The summed E-state index contributed by atoms with van der Waals surface area (Å²) in [6.45, 7) is 7.39. The number of hydrogen-bond donors (Lipinski definition) is 2. The zero-order valence-electron chi connectivity index (χ0n) is 13.4. The average Bonchev–Trinajstić information content (AvgIpc) is 2.90. The van der Waals surface area contributed by atoms with Gasteiger partial charge in [-0.15, -0.1) is 0 Å². The minimum absolute atomic E-state index is 0.0473. The molecule has 7 nitrogen and oxygen atoms in total. The first-order chi connectivity index (χ1) is 9.93. The van der Waals surface area contributed by atoms with E-state index in [2.05, 4.69) is 34.6 Å². The lowest BCUT2D eigenvalue weighted by Crippen LogP contribution is -2.38. The molecule has 0 unspecified atom stereocenters. The Balaban J connectivity index is 2.57. The third-order valence-electron chi connectivity index (χ3n) is 2.81. The van der Waals surface area contributed by atoms with E-state index < -0.39 is 0 Å². The summed E-state index contributed by atoms with van der Waals surface area (Å²) in [5.74, 6) is 1.61. The summed E-state index contributed by atoms with van der Waals surface area (Å²) in [6, 6.07) is 1.92. The van der Waals surface area contributed by atoms with Gasteiger partial charge in [0.2, 0.25) is 5.91 Å². The Hall–Kier alpha value is -2.05. The number of nitrogens with one attached hydrogen (secondary N) is 2. The topological polar surface area (TPSA) is 82.8 Å². The molecule has 0 fully saturated rings. The zero-order valence-corrected chi connectivity index (χ0v) is 13.4. The van der Waals surface area contributed by atoms with Crippen LogP contribution in [0.15, 0.2) is 15.6 Å². The fourth-order valence-corrected chi connectivity index (χ4v) is 1.49. The predicted octanol–water partition coefficient (Wildman–Crippen LogP) is 0.941. The van der Waals surface area contributed by atoms with Crippen molar-refractivity contribution < 1.29 is 9.32 Å². The lowest BCUT2D eigenvalue weighted by molar-refractivity contribution is -0.127. The summed E-state index contributed by atoms with van der Waals surface area (Å²) in [5, 5.41) is 10.2. The number of carbonyl (C=O) groups excluding carboxylic acids is 1. The van der Waals surface area contributed by atoms with E-state index in [1.807, 2.05) is 13.0 Å². The number of nitrogens with zero attached hydrogens (tertiary/aromatic N) is 3. The highest BCUT2D eigenvalue weighted by Gasteiger charge is 2.08. The minimum atomic E-state index is -0.0473. The monoisotopic (exact) mass is 295 g/mol. The third kappa shape index (κ3) is 5.85. The summed E-state index contributed by atoms with van der Waals surface area (Å²) in [5.41, 5.74) is 0.927. The maximum Gasteiger partial charge on any atom is 0.243 e. The summed E-state index contributed by atoms with van der Waals surface area (Å²) in [7, 11) is 3.42. The predicted molar refractivity (Wildman–Crippen MR) is 82.1 cm³/mol. The molecule has 0 saturated carbocycles. The van der Waals surface area contributed by atoms with Crippen molar-refractivity contribution in [2.45, 2.75) is 33.2 Å². The summed E-state index contributed by atoms with van der Waals surface area (Å²) < 4.78 is 5.25. The second kappa shape index (κ2) is 8.28. The van der Waals surface area contributed by atoms with E-state index in [4.69, 9.17) is 4.52 Å². The van der Waals surface area contributed by atoms with Crippen molar-refractivity contribution in [1.82, 2.24) is 20.7 Å². The van der Waals surface area contributed by atoms with E-state index in [0.717, 1.165) is 18.0 Å². The molecule has 0 saturated heterocycles. The molecule has 1 amide bonds. The second-order valence-electron chi connectivity index (χ2n) is 5.21. The molecule has 0 atom stereocenters. The maximum atomic E-state index is 11.5. The van der Waals surface area contributed by atoms with Gasteiger partial charge in [-0.3, -0.25) is 4.79 Å². The molecule has 1 aromatic rings. The van der Waals surface area contributed by atoms with Crippen LogP contribution in [0.5, 0.6) is 0 Å². The maximum absolute atomic E-state index is 11.5. The van der Waals surface area contributed by atoms with Crippen LogP contribution < -0.4 is 10.6 Å². The van der Waals surface area contributed by atoms with Crippen LogP contribution in [-0.4, -0.2) is 49.1 Å². The fraction of sp³-hybridized carbons (Fsp3) is 0.643. The van der Waals surface area contributed by atoms with E-state index in [0.29, 0.717) is 18.4 Å². The van der Waals surface area contributed by atoms with Crippen molar-refractivity contribution in [3.63, 3.8) is 0 Å². The van der Waals surface area contributed by atoms with Gasteiger partial charge in [0.15, 0.2) is 11.7 Å². The van der Waals surface area contributed by atoms with Gasteiger partial charge in [-0.05, 0) is 12.8 Å². The number of hydrogen-bond acceptors (Lipinski definition) is 4. The number of carbonyl (C=O) groups is 1. The quantitative estimate of drug-likeness (QED) is 0.603. The van der Waals surface area contributed by atoms with Gasteiger partial charge in [-0.1, -0.05) is 19.0 Å². The molecule has 1 heterocycles. The molecule has 0 aliphatic carbocycles. The Kier molecular flexibility index (Phi) is 6.71. The number of rotatable bonds is 6. The van der Waals surface area contributed by atoms with Crippen molar-refractivity contribution in [2.75, 3.05) is 27.2 Å². The molecule has 0 aliphatic rings. The average molecular weight is 295 g/mol. The van der Waals surface area contributed by atoms with Gasteiger partial charge in [0.1, 0.15) is 6.54 Å². The zero-order chi connectivity index (χ0) is 15.8. The van der Waals surface area contributed by atoms with Crippen LogP contribution in [0.25, 0.3) is 0 Å². The van der Waals surface area contributed by atoms with Crippen LogP contribution >= 0.6 is 0 Å². The van der Waals surface area contributed by atoms with Gasteiger partial charge in [0.05, 0.1) is 12.2 Å². The van der Waals surface area contributed by atoms with Crippen LogP contribution in [0.1, 0.15) is 38.1 Å². The highest BCUT2D eigenvalue weighted by atomic mass is 16.5. The Morgan fingerprint density at radius 1 is 1.43 bits per heavy atom. The molecule has 0 spiro atoms. The number of amides is 1. The smallest absolute Gasteiger partial charge is 0.243 e. The van der Waals surface area contributed by atoms with Gasteiger partial charge in [-0.2, -0.15) is 0 Å². The van der Waals surface area contributed by atoms with Crippen molar-refractivity contribution in [3.05, 3.63) is 17.5 Å². The lowest BCUT2D eigenvalue weighted by atomic mass is 10.1. The van der Waals surface area contributed by atoms with E-state index in [9.17, 15) is 4.79 Å². The summed E-state index contributed by atoms with van der Waals surface area (Å²) in [4.78, 5) is 17.3. The Bertz CT molecular complexity index is 479. The van der Waals surface area contributed by atoms with Crippen LogP contribution in [0.2, 0.25) is 0 Å². The first-order valence-electron chi connectivity index (χ1n) is 7.11. The molecule has 1 rings (SSSR count). The number of guanidine groups is 1. The fourth-order valence-electron chi connectivity index (χ4n) is 1.49. The molecule has 7 heteroatoms. The first kappa shape index (κ1) is 17.0. The molecule has 21 heavy (non-hydrogen) atoms. The lowest BCUT2D eigenvalue weighted by Gasteiger charge is -2.11. The third-order valence-corrected chi connectivity index (χ3v) is 2.81. The van der Waals surface area contributed by atoms with Crippen LogP contribution in [0.4, 0.5) is 0 Å². The molecule has 1 aromatic heterocycles.